The second kappa shape index (κ2) is 18.6. The lowest BCUT2D eigenvalue weighted by Crippen LogP contribution is -2.48. The number of rotatable bonds is 19. The molecule has 4 fully saturated rings. The summed E-state index contributed by atoms with van der Waals surface area (Å²) in [7, 11) is 4.38. The van der Waals surface area contributed by atoms with Crippen LogP contribution >= 0.6 is 22.9 Å². The number of likely N-dealkylation sites (tertiary alicyclic amines) is 1. The quantitative estimate of drug-likeness (QED) is 0.0907. The lowest BCUT2D eigenvalue weighted by atomic mass is 9.77. The van der Waals surface area contributed by atoms with Crippen LogP contribution in [0.2, 0.25) is 5.02 Å². The van der Waals surface area contributed by atoms with Gasteiger partial charge in [0.05, 0.1) is 48.7 Å². The summed E-state index contributed by atoms with van der Waals surface area (Å²) < 4.78 is 34.6. The lowest BCUT2D eigenvalue weighted by Gasteiger charge is -2.35. The highest BCUT2D eigenvalue weighted by atomic mass is 35.5. The fourth-order valence-corrected chi connectivity index (χ4v) is 10.6. The van der Waals surface area contributed by atoms with Gasteiger partial charge in [-0.25, -0.2) is 9.97 Å². The van der Waals surface area contributed by atoms with Crippen LogP contribution in [0.15, 0.2) is 23.6 Å². The number of nitrogens with one attached hydrogen (secondary N) is 1. The Labute approximate surface area is 373 Å². The molecule has 62 heavy (non-hydrogen) atoms. The molecule has 1 N–H and O–H groups in total. The number of carbonyl (C=O) groups is 4. The Morgan fingerprint density at radius 3 is 2.34 bits per heavy atom. The number of anilines is 1. The number of benzene rings is 1. The Morgan fingerprint density at radius 1 is 0.984 bits per heavy atom. The van der Waals surface area contributed by atoms with Crippen LogP contribution in [0.25, 0.3) is 22.3 Å². The first-order valence-corrected chi connectivity index (χ1v) is 23.1. The lowest BCUT2D eigenvalue weighted by molar-refractivity contribution is -0.157. The van der Waals surface area contributed by atoms with Crippen molar-refractivity contribution in [2.24, 2.45) is 34.5 Å². The first-order valence-electron chi connectivity index (χ1n) is 21.8. The molecule has 1 amide bonds. The summed E-state index contributed by atoms with van der Waals surface area (Å²) in [6.07, 6.45) is 2.80. The molecule has 0 bridgehead atoms. The van der Waals surface area contributed by atoms with Crippen molar-refractivity contribution in [3.8, 4) is 22.9 Å². The molecule has 0 spiro atoms. The van der Waals surface area contributed by atoms with Crippen molar-refractivity contribution in [3.05, 3.63) is 28.6 Å². The molecule has 2 unspecified atom stereocenters. The highest BCUT2D eigenvalue weighted by molar-refractivity contribution is 7.14. The molecule has 14 nitrogen and oxygen atoms in total. The number of carbonyl (C=O) groups excluding carboxylic acids is 4. The Kier molecular flexibility index (Phi) is 13.8. The third kappa shape index (κ3) is 9.85. The maximum absolute atomic E-state index is 14.9. The zero-order valence-corrected chi connectivity index (χ0v) is 38.9. The fourth-order valence-electron chi connectivity index (χ4n) is 9.46. The van der Waals surface area contributed by atoms with Gasteiger partial charge in [-0.3, -0.25) is 19.2 Å². The van der Waals surface area contributed by atoms with Gasteiger partial charge in [0.1, 0.15) is 41.0 Å². The van der Waals surface area contributed by atoms with Crippen LogP contribution in [-0.2, 0) is 38.1 Å². The minimum Gasteiger partial charge on any atom is -0.488 e. The maximum atomic E-state index is 14.9. The Balaban J connectivity index is 1.22. The van der Waals surface area contributed by atoms with E-state index >= 15 is 0 Å². The first kappa shape index (κ1) is 46.0. The van der Waals surface area contributed by atoms with Crippen LogP contribution in [0.1, 0.15) is 92.9 Å². The summed E-state index contributed by atoms with van der Waals surface area (Å²) in [5.74, 6) is -0.0987. The number of hydrogen-bond donors (Lipinski definition) is 1. The molecule has 7 rings (SSSR count). The number of ether oxygens (including phenoxy) is 6. The van der Waals surface area contributed by atoms with Gasteiger partial charge in [0.15, 0.2) is 17.2 Å². The van der Waals surface area contributed by atoms with Gasteiger partial charge in [0, 0.05) is 49.9 Å². The van der Waals surface area contributed by atoms with Crippen LogP contribution in [0.4, 0.5) is 5.13 Å². The second-order valence-corrected chi connectivity index (χ2v) is 20.1. The number of pyridine rings is 1. The number of aromatic nitrogens is 2. The van der Waals surface area contributed by atoms with Crippen molar-refractivity contribution < 1.29 is 47.6 Å². The summed E-state index contributed by atoms with van der Waals surface area (Å²) in [6.45, 7) is 12.0. The molecule has 3 aromatic rings. The van der Waals surface area contributed by atoms with Crippen molar-refractivity contribution in [2.45, 2.75) is 123 Å². The molecular weight excluding hydrogens is 836 g/mol. The van der Waals surface area contributed by atoms with E-state index in [2.05, 4.69) is 5.32 Å². The molecule has 16 heteroatoms. The molecule has 3 heterocycles. The van der Waals surface area contributed by atoms with E-state index in [0.717, 1.165) is 24.4 Å². The van der Waals surface area contributed by atoms with Crippen LogP contribution in [0.5, 0.6) is 11.5 Å². The zero-order chi connectivity index (χ0) is 44.7. The smallest absolute Gasteiger partial charge is 0.312 e. The van der Waals surface area contributed by atoms with E-state index in [4.69, 9.17) is 50.0 Å². The Morgan fingerprint density at radius 2 is 1.71 bits per heavy atom. The summed E-state index contributed by atoms with van der Waals surface area (Å²) in [5, 5.41) is 6.78. The molecule has 0 radical (unpaired) electrons. The van der Waals surface area contributed by atoms with E-state index in [0.29, 0.717) is 52.0 Å². The van der Waals surface area contributed by atoms with E-state index in [1.54, 1.807) is 23.1 Å². The molecule has 338 valence electrons. The minimum atomic E-state index is -0.931. The van der Waals surface area contributed by atoms with Crippen LogP contribution < -0.4 is 14.8 Å². The van der Waals surface area contributed by atoms with E-state index in [-0.39, 0.29) is 67.2 Å². The topological polar surface area (TPSA) is 165 Å². The third-order valence-electron chi connectivity index (χ3n) is 13.2. The number of ketones is 1. The van der Waals surface area contributed by atoms with E-state index < -0.39 is 47.1 Å². The highest BCUT2D eigenvalue weighted by Crippen LogP contribution is 2.58. The first-order chi connectivity index (χ1) is 29.5. The Hall–Kier alpha value is -4.05. The minimum absolute atomic E-state index is 0.00675. The molecule has 3 saturated carbocycles. The number of halogens is 1. The number of thiazole rings is 1. The van der Waals surface area contributed by atoms with Gasteiger partial charge in [-0.2, -0.15) is 0 Å². The number of hydrogen-bond acceptors (Lipinski definition) is 14. The Bertz CT molecular complexity index is 2140. The number of Topliss-reactive ketones (excluding diaryl/α,β-unsaturated/α-hetero) is 1. The van der Waals surface area contributed by atoms with Crippen molar-refractivity contribution in [1.29, 1.82) is 0 Å². The largest absolute Gasteiger partial charge is 0.488 e. The van der Waals surface area contributed by atoms with Crippen molar-refractivity contribution in [3.63, 3.8) is 0 Å². The predicted octanol–water partition coefficient (Wildman–Crippen LogP) is 8.12. The van der Waals surface area contributed by atoms with Gasteiger partial charge in [-0.1, -0.05) is 45.7 Å². The van der Waals surface area contributed by atoms with Gasteiger partial charge in [0.2, 0.25) is 5.91 Å². The zero-order valence-electron chi connectivity index (χ0n) is 37.3. The summed E-state index contributed by atoms with van der Waals surface area (Å²) >= 11 is 8.49. The number of fused-ring (bicyclic) bond motifs is 2. The highest BCUT2D eigenvalue weighted by Gasteiger charge is 2.62. The summed E-state index contributed by atoms with van der Waals surface area (Å²) in [5.41, 5.74) is -0.0826. The SMILES string of the molecule is CC[C@@H]1C[C@]1(CC(=O)C1C[C@@H](Oc2cc(-c3csc(NC(C)C)n3)nc3c(Cl)c(OCC(OC)OC)ccc23)CN1C(=O)[C@@H](CC(=O)OC1C[C@@H]2C[C@@H]2C1)C(C)(C)C)C(=O)OC. The van der Waals surface area contributed by atoms with Crippen LogP contribution in [0, 0.1) is 34.5 Å². The van der Waals surface area contributed by atoms with Crippen molar-refractivity contribution in [1.82, 2.24) is 14.9 Å². The van der Waals surface area contributed by atoms with Gasteiger partial charge in [-0.05, 0) is 74.8 Å². The molecular formula is C46H61ClN4O10S. The van der Waals surface area contributed by atoms with Gasteiger partial charge in [-0.15, -0.1) is 11.3 Å². The van der Waals surface area contributed by atoms with E-state index in [9.17, 15) is 19.2 Å². The number of nitrogens with zero attached hydrogens (tertiary/aromatic N) is 3. The summed E-state index contributed by atoms with van der Waals surface area (Å²) in [4.78, 5) is 67.5. The molecule has 1 aliphatic heterocycles. The summed E-state index contributed by atoms with van der Waals surface area (Å²) in [6, 6.07) is 4.57. The third-order valence-corrected chi connectivity index (χ3v) is 14.3. The standard InChI is InChI=1S/C46H61ClN4O10S/c1-10-27-19-46(27,43(55)58-9)20-35(52)34-16-29(21-51(34)42(54)31(45(4,5)6)17-38(53)61-28-14-25-13-26(25)15-28)60-37-18-32(33-23-62-44(50-33)48-24(2)3)49-41-30(37)11-12-36(40(41)47)59-22-39(56-7)57-8/h11-12,18,23-29,31,34,39H,10,13-17,19-22H2,1-9H3,(H,48,50)/t25-,26+,27-,28?,29-,31-,34?,46-/m1/s1. The van der Waals surface area contributed by atoms with Crippen LogP contribution in [-0.4, -0.2) is 104 Å². The molecule has 1 aromatic carbocycles. The van der Waals surface area contributed by atoms with Crippen LogP contribution in [0.3, 0.4) is 0 Å². The number of esters is 2. The van der Waals surface area contributed by atoms with Gasteiger partial charge < -0.3 is 38.6 Å². The molecule has 8 atom stereocenters. The normalized spacial score (nSPS) is 25.8. The monoisotopic (exact) mass is 896 g/mol. The second-order valence-electron chi connectivity index (χ2n) is 18.9. The van der Waals surface area contributed by atoms with Crippen molar-refractivity contribution >= 4 is 62.6 Å². The van der Waals surface area contributed by atoms with Crippen molar-refractivity contribution in [2.75, 3.05) is 39.8 Å². The predicted molar refractivity (Wildman–Crippen MR) is 235 cm³/mol. The number of amides is 1. The van der Waals surface area contributed by atoms with E-state index in [1.807, 2.05) is 46.9 Å². The molecule has 3 aliphatic carbocycles. The van der Waals surface area contributed by atoms with Gasteiger partial charge in [0.25, 0.3) is 0 Å². The average Bonchev–Trinajstić information content (AvgIpc) is 3.89. The molecule has 2 aromatic heterocycles. The average molecular weight is 898 g/mol. The molecule has 1 saturated heterocycles. The molecule has 4 aliphatic rings. The number of methoxy groups -OCH3 is 3. The maximum Gasteiger partial charge on any atom is 0.312 e. The van der Waals surface area contributed by atoms with E-state index in [1.165, 1.54) is 39.1 Å². The fraction of sp³-hybridized carbons (Fsp3) is 0.652. The van der Waals surface area contributed by atoms with Gasteiger partial charge >= 0.3 is 11.9 Å².